The van der Waals surface area contributed by atoms with Crippen LogP contribution < -0.4 is 5.73 Å². The van der Waals surface area contributed by atoms with Gasteiger partial charge in [0.2, 0.25) is 0 Å². The van der Waals surface area contributed by atoms with Crippen molar-refractivity contribution in [2.45, 2.75) is 178 Å². The van der Waals surface area contributed by atoms with Crippen molar-refractivity contribution >= 4 is 0 Å². The molecule has 266 valence electrons. The van der Waals surface area contributed by atoms with Crippen LogP contribution in [0.5, 0.6) is 0 Å². The minimum Gasteiger partial charge on any atom is -0.396 e. The van der Waals surface area contributed by atoms with Crippen molar-refractivity contribution in [2.24, 2.45) is 34.8 Å². The lowest BCUT2D eigenvalue weighted by atomic mass is 9.49. The fraction of sp³-hybridized carbons (Fsp3) is 0.946. The summed E-state index contributed by atoms with van der Waals surface area (Å²) in [7, 11) is 0. The fourth-order valence-corrected chi connectivity index (χ4v) is 10.2. The van der Waals surface area contributed by atoms with Crippen LogP contribution in [0.25, 0.3) is 0 Å². The van der Waals surface area contributed by atoms with E-state index in [1.807, 2.05) is 20.8 Å². The van der Waals surface area contributed by atoms with Gasteiger partial charge in [-0.15, -0.1) is 0 Å². The third-order valence-electron chi connectivity index (χ3n) is 12.9. The zero-order valence-electron chi connectivity index (χ0n) is 29.5. The van der Waals surface area contributed by atoms with Crippen LogP contribution in [0.1, 0.15) is 119 Å². The summed E-state index contributed by atoms with van der Waals surface area (Å²) < 4.78 is 25.3. The number of hydrogen-bond donors (Lipinski definition) is 5. The van der Waals surface area contributed by atoms with Crippen molar-refractivity contribution in [1.29, 1.82) is 0 Å². The Hall–Kier alpha value is -0.620. The number of ether oxygens (including phenoxy) is 4. The van der Waals surface area contributed by atoms with Gasteiger partial charge in [0.25, 0.3) is 0 Å². The first-order chi connectivity index (χ1) is 21.6. The zero-order chi connectivity index (χ0) is 33.7. The lowest BCUT2D eigenvalue weighted by molar-refractivity contribution is -0.305. The van der Waals surface area contributed by atoms with Gasteiger partial charge >= 0.3 is 0 Å². The van der Waals surface area contributed by atoms with Crippen LogP contribution in [0.2, 0.25) is 0 Å². The predicted molar refractivity (Wildman–Crippen MR) is 177 cm³/mol. The summed E-state index contributed by atoms with van der Waals surface area (Å²) in [6.07, 6.45) is 5.68. The maximum absolute atomic E-state index is 11.4. The minimum absolute atomic E-state index is 0.111. The van der Waals surface area contributed by atoms with E-state index in [0.717, 1.165) is 38.5 Å². The number of fused-ring (bicyclic) bond motifs is 3. The normalized spacial score (nSPS) is 46.7. The van der Waals surface area contributed by atoms with Gasteiger partial charge in [0.05, 0.1) is 42.2 Å². The Labute approximate surface area is 277 Å². The molecule has 5 fully saturated rings. The van der Waals surface area contributed by atoms with Crippen LogP contribution in [0, 0.1) is 29.1 Å². The molecule has 0 spiro atoms. The Balaban J connectivity index is 1.24. The molecule has 9 heteroatoms. The van der Waals surface area contributed by atoms with E-state index >= 15 is 0 Å². The second kappa shape index (κ2) is 13.9. The van der Waals surface area contributed by atoms with E-state index in [-0.39, 0.29) is 42.6 Å². The molecular weight excluding hydrogens is 586 g/mol. The predicted octanol–water partition coefficient (Wildman–Crippen LogP) is 4.61. The van der Waals surface area contributed by atoms with Gasteiger partial charge in [0.15, 0.2) is 6.29 Å². The molecule has 1 saturated heterocycles. The third-order valence-corrected chi connectivity index (χ3v) is 12.9. The van der Waals surface area contributed by atoms with Gasteiger partial charge in [-0.05, 0) is 107 Å². The molecule has 0 aromatic carbocycles. The Morgan fingerprint density at radius 2 is 1.67 bits per heavy atom. The number of aliphatic hydroxyl groups is 4. The smallest absolute Gasteiger partial charge is 0.161 e. The van der Waals surface area contributed by atoms with E-state index in [1.165, 1.54) is 24.8 Å². The van der Waals surface area contributed by atoms with Crippen LogP contribution in [-0.4, -0.2) is 93.3 Å². The van der Waals surface area contributed by atoms with Gasteiger partial charge in [-0.2, -0.15) is 0 Å². The Morgan fingerprint density at radius 3 is 2.33 bits per heavy atom. The third kappa shape index (κ3) is 7.15. The molecule has 5 rings (SSSR count). The van der Waals surface area contributed by atoms with Crippen LogP contribution in [0.15, 0.2) is 12.2 Å². The van der Waals surface area contributed by atoms with Crippen molar-refractivity contribution in [2.75, 3.05) is 13.2 Å². The number of hydrogen-bond acceptors (Lipinski definition) is 9. The number of nitrogens with two attached hydrogens (primary N) is 1. The summed E-state index contributed by atoms with van der Waals surface area (Å²) in [5, 5.41) is 42.8. The van der Waals surface area contributed by atoms with Gasteiger partial charge in [-0.25, -0.2) is 0 Å². The first-order valence-electron chi connectivity index (χ1n) is 18.3. The molecule has 6 N–H and O–H groups in total. The van der Waals surface area contributed by atoms with E-state index in [0.29, 0.717) is 30.6 Å². The van der Waals surface area contributed by atoms with Gasteiger partial charge in [0.1, 0.15) is 12.2 Å². The average Bonchev–Trinajstić information content (AvgIpc) is 3.11. The van der Waals surface area contributed by atoms with Crippen LogP contribution in [0.3, 0.4) is 0 Å². The molecule has 46 heavy (non-hydrogen) atoms. The molecule has 3 unspecified atom stereocenters. The highest BCUT2D eigenvalue weighted by molar-refractivity contribution is 5.20. The van der Waals surface area contributed by atoms with Crippen molar-refractivity contribution in [3.8, 4) is 0 Å². The first-order valence-corrected chi connectivity index (χ1v) is 18.3. The van der Waals surface area contributed by atoms with Crippen LogP contribution >= 0.6 is 0 Å². The zero-order valence-corrected chi connectivity index (χ0v) is 29.5. The summed E-state index contributed by atoms with van der Waals surface area (Å²) >= 11 is 0. The van der Waals surface area contributed by atoms with E-state index in [1.54, 1.807) is 0 Å². The largest absolute Gasteiger partial charge is 0.396 e. The second-order valence-corrected chi connectivity index (χ2v) is 17.2. The number of rotatable bonds is 8. The van der Waals surface area contributed by atoms with E-state index in [2.05, 4.69) is 27.4 Å². The standard InChI is InChI=1S/C37H65NO8/c1-8-36(14-12-26-23(16-22(36)2)11-15-37(38)27(26)10-9-13-35(37,6)7)45-25-17-24(20-39)32(28(41)18-25)44-31-19-29(42)33(30(21-40)43-31)46-34(3,4)5/h23-33,39-42H,2,8-21,38H2,1,3-7H3/t23?,24-,25-,26-,27?,28-,29-,30-,31-,32-,33+,36-,37?/m1/s1. The van der Waals surface area contributed by atoms with Gasteiger partial charge in [-0.3, -0.25) is 0 Å². The molecular formula is C37H65NO8. The van der Waals surface area contributed by atoms with Crippen molar-refractivity contribution < 1.29 is 39.4 Å². The minimum atomic E-state index is -0.905. The van der Waals surface area contributed by atoms with E-state index in [9.17, 15) is 20.4 Å². The van der Waals surface area contributed by atoms with Crippen LogP contribution in [0.4, 0.5) is 0 Å². The van der Waals surface area contributed by atoms with E-state index in [4.69, 9.17) is 24.7 Å². The van der Waals surface area contributed by atoms with E-state index < -0.39 is 48.0 Å². The molecule has 0 amide bonds. The summed E-state index contributed by atoms with van der Waals surface area (Å²) in [5.74, 6) is 1.32. The summed E-state index contributed by atoms with van der Waals surface area (Å²) in [6.45, 7) is 16.8. The first kappa shape index (κ1) is 36.7. The molecule has 4 aliphatic carbocycles. The summed E-state index contributed by atoms with van der Waals surface area (Å²) in [4.78, 5) is 0. The van der Waals surface area contributed by atoms with Crippen molar-refractivity contribution in [1.82, 2.24) is 0 Å². The SMILES string of the molecule is C=C1CC2CCC3(N)C(CCCC3(C)C)[C@@H]2CC[C@@]1(CC)O[C@@H]1C[C@H](CO)[C@@H](O[C@@H]2C[C@@H](O)[C@H](OC(C)(C)C)[C@@H](CO)O2)[C@H](O)C1. The molecule has 0 bridgehead atoms. The van der Waals surface area contributed by atoms with Gasteiger partial charge in [0, 0.05) is 30.9 Å². The molecule has 9 nitrogen and oxygen atoms in total. The molecule has 5 aliphatic rings. The highest BCUT2D eigenvalue weighted by atomic mass is 16.7. The second-order valence-electron chi connectivity index (χ2n) is 17.2. The average molecular weight is 652 g/mol. The van der Waals surface area contributed by atoms with Crippen molar-refractivity contribution in [3.05, 3.63) is 12.2 Å². The molecule has 0 radical (unpaired) electrons. The monoisotopic (exact) mass is 651 g/mol. The quantitative estimate of drug-likeness (QED) is 0.238. The maximum Gasteiger partial charge on any atom is 0.161 e. The fourth-order valence-electron chi connectivity index (χ4n) is 10.2. The van der Waals surface area contributed by atoms with Gasteiger partial charge < -0.3 is 45.1 Å². The highest BCUT2D eigenvalue weighted by Crippen LogP contribution is 2.59. The summed E-state index contributed by atoms with van der Waals surface area (Å²) in [5.41, 5.74) is 7.53. The Kier molecular flexibility index (Phi) is 11.1. The van der Waals surface area contributed by atoms with Crippen LogP contribution in [-0.2, 0) is 18.9 Å². The lowest BCUT2D eigenvalue weighted by Gasteiger charge is -2.59. The Bertz CT molecular complexity index is 1050. The Morgan fingerprint density at radius 1 is 0.957 bits per heavy atom. The maximum atomic E-state index is 11.4. The molecule has 13 atom stereocenters. The molecule has 1 heterocycles. The molecule has 0 aromatic rings. The molecule has 1 aliphatic heterocycles. The topological polar surface area (TPSA) is 144 Å². The molecule has 0 aromatic heterocycles. The summed E-state index contributed by atoms with van der Waals surface area (Å²) in [6, 6.07) is 0. The molecule has 4 saturated carbocycles. The van der Waals surface area contributed by atoms with Crippen molar-refractivity contribution in [3.63, 3.8) is 0 Å². The number of aliphatic hydroxyl groups excluding tert-OH is 4. The highest BCUT2D eigenvalue weighted by Gasteiger charge is 2.57. The van der Waals surface area contributed by atoms with Gasteiger partial charge in [-0.1, -0.05) is 33.8 Å². The lowest BCUT2D eigenvalue weighted by Crippen LogP contribution is -2.64.